The number of nitrogens with one attached hydrogen (secondary N) is 1. The van der Waals surface area contributed by atoms with Crippen LogP contribution < -0.4 is 11.3 Å². The summed E-state index contributed by atoms with van der Waals surface area (Å²) in [7, 11) is 0. The number of nitrogens with two attached hydrogens (primary N) is 1. The number of pyridine rings is 1. The molecule has 0 aliphatic carbocycles. The normalized spacial score (nSPS) is 12.9. The molecule has 3 heteroatoms. The molecule has 3 nitrogen and oxygen atoms in total. The van der Waals surface area contributed by atoms with Gasteiger partial charge in [0.25, 0.3) is 0 Å². The van der Waals surface area contributed by atoms with E-state index in [-0.39, 0.29) is 0 Å². The second kappa shape index (κ2) is 6.23. The molecule has 1 aromatic carbocycles. The van der Waals surface area contributed by atoms with Crippen LogP contribution in [0, 0.1) is 5.92 Å². The van der Waals surface area contributed by atoms with E-state index in [0.717, 1.165) is 35.1 Å². The number of nitrogens with zero attached hydrogens (tertiary/aromatic N) is 1. The highest BCUT2D eigenvalue weighted by Crippen LogP contribution is 2.28. The molecule has 0 spiro atoms. The molecule has 0 fully saturated rings. The molecule has 2 aromatic rings. The van der Waals surface area contributed by atoms with Crippen molar-refractivity contribution in [3.63, 3.8) is 0 Å². The summed E-state index contributed by atoms with van der Waals surface area (Å²) >= 11 is 0. The van der Waals surface area contributed by atoms with Gasteiger partial charge in [-0.1, -0.05) is 33.8 Å². The van der Waals surface area contributed by atoms with Crippen molar-refractivity contribution in [1.82, 2.24) is 4.98 Å². The number of rotatable bonds is 5. The third kappa shape index (κ3) is 3.10. The van der Waals surface area contributed by atoms with E-state index in [1.54, 1.807) is 0 Å². The molecular weight excluding hydrogens is 246 g/mol. The largest absolute Gasteiger partial charge is 0.323 e. The van der Waals surface area contributed by atoms with Gasteiger partial charge in [0, 0.05) is 11.1 Å². The first-order valence-corrected chi connectivity index (χ1v) is 7.45. The van der Waals surface area contributed by atoms with Crippen LogP contribution in [0.25, 0.3) is 10.9 Å². The van der Waals surface area contributed by atoms with E-state index in [1.165, 1.54) is 5.56 Å². The van der Waals surface area contributed by atoms with Crippen molar-refractivity contribution >= 4 is 16.6 Å². The van der Waals surface area contributed by atoms with Gasteiger partial charge in [0.15, 0.2) is 0 Å². The average Bonchev–Trinajstić information content (AvgIpc) is 2.44. The number of nitrogen functional groups attached to an aromatic ring is 1. The lowest BCUT2D eigenvalue weighted by Crippen LogP contribution is -2.09. The zero-order chi connectivity index (χ0) is 14.7. The second-order valence-electron chi connectivity index (χ2n) is 5.99. The second-order valence-corrected chi connectivity index (χ2v) is 5.99. The summed E-state index contributed by atoms with van der Waals surface area (Å²) in [5, 5.41) is 1.11. The van der Waals surface area contributed by atoms with E-state index in [2.05, 4.69) is 57.4 Å². The van der Waals surface area contributed by atoms with E-state index in [9.17, 15) is 0 Å². The molecule has 0 bridgehead atoms. The van der Waals surface area contributed by atoms with Gasteiger partial charge in [0.1, 0.15) is 0 Å². The highest BCUT2D eigenvalue weighted by atomic mass is 15.2. The summed E-state index contributed by atoms with van der Waals surface area (Å²) in [6, 6.07) is 8.58. The lowest BCUT2D eigenvalue weighted by atomic mass is 9.96. The molecule has 1 aromatic heterocycles. The van der Waals surface area contributed by atoms with Crippen molar-refractivity contribution in [2.24, 2.45) is 11.8 Å². The van der Waals surface area contributed by atoms with Gasteiger partial charge in [0.2, 0.25) is 0 Å². The molecule has 20 heavy (non-hydrogen) atoms. The molecular formula is C17H25N3. The lowest BCUT2D eigenvalue weighted by molar-refractivity contribution is 0.637. The van der Waals surface area contributed by atoms with Crippen LogP contribution in [-0.2, 0) is 6.42 Å². The van der Waals surface area contributed by atoms with Gasteiger partial charge >= 0.3 is 0 Å². The Morgan fingerprint density at radius 1 is 1.20 bits per heavy atom. The minimum Gasteiger partial charge on any atom is -0.323 e. The fraction of sp³-hybridized carbons (Fsp3) is 0.471. The Morgan fingerprint density at radius 3 is 2.55 bits per heavy atom. The molecule has 108 valence electrons. The summed E-state index contributed by atoms with van der Waals surface area (Å²) in [6.45, 7) is 8.86. The van der Waals surface area contributed by atoms with Gasteiger partial charge in [-0.2, -0.15) is 0 Å². The molecule has 1 atom stereocenters. The molecule has 0 aliphatic heterocycles. The van der Waals surface area contributed by atoms with E-state index in [4.69, 9.17) is 10.8 Å². The van der Waals surface area contributed by atoms with Crippen LogP contribution in [0.1, 0.15) is 51.3 Å². The summed E-state index contributed by atoms with van der Waals surface area (Å²) in [5.74, 6) is 6.84. The summed E-state index contributed by atoms with van der Waals surface area (Å²) in [4.78, 5) is 4.75. The number of hydrogen-bond acceptors (Lipinski definition) is 3. The minimum absolute atomic E-state index is 0.556. The maximum Gasteiger partial charge on any atom is 0.0726 e. The van der Waals surface area contributed by atoms with E-state index in [1.807, 2.05) is 0 Å². The Hall–Kier alpha value is -1.61. The molecule has 0 saturated carbocycles. The Kier molecular flexibility index (Phi) is 4.61. The van der Waals surface area contributed by atoms with Crippen LogP contribution in [0.4, 0.5) is 5.69 Å². The molecule has 0 aliphatic rings. The first-order valence-electron chi connectivity index (χ1n) is 7.45. The van der Waals surface area contributed by atoms with Crippen molar-refractivity contribution in [3.05, 3.63) is 35.5 Å². The number of hydrogen-bond donors (Lipinski definition) is 2. The van der Waals surface area contributed by atoms with Gasteiger partial charge in [0.05, 0.1) is 11.2 Å². The van der Waals surface area contributed by atoms with Crippen LogP contribution in [0.5, 0.6) is 0 Å². The predicted octanol–water partition coefficient (Wildman–Crippen LogP) is 4.23. The number of hydrazine groups is 1. The highest BCUT2D eigenvalue weighted by Gasteiger charge is 2.10. The van der Waals surface area contributed by atoms with Crippen LogP contribution in [0.3, 0.4) is 0 Å². The van der Waals surface area contributed by atoms with Gasteiger partial charge in [-0.05, 0) is 48.4 Å². The van der Waals surface area contributed by atoms with Gasteiger partial charge in [-0.15, -0.1) is 0 Å². The monoisotopic (exact) mass is 271 g/mol. The van der Waals surface area contributed by atoms with Crippen LogP contribution in [0.2, 0.25) is 0 Å². The molecule has 0 amide bonds. The maximum absolute atomic E-state index is 5.70. The zero-order valence-corrected chi connectivity index (χ0v) is 12.9. The number of aromatic nitrogens is 1. The predicted molar refractivity (Wildman–Crippen MR) is 86.8 cm³/mol. The van der Waals surface area contributed by atoms with Gasteiger partial charge < -0.3 is 5.43 Å². The molecule has 3 N–H and O–H groups in total. The Morgan fingerprint density at radius 2 is 1.95 bits per heavy atom. The molecule has 1 heterocycles. The van der Waals surface area contributed by atoms with Crippen LogP contribution in [-0.4, -0.2) is 4.98 Å². The lowest BCUT2D eigenvalue weighted by Gasteiger charge is -2.14. The zero-order valence-electron chi connectivity index (χ0n) is 12.9. The fourth-order valence-electron chi connectivity index (χ4n) is 2.48. The number of benzene rings is 1. The first kappa shape index (κ1) is 14.8. The average molecular weight is 271 g/mol. The fourth-order valence-corrected chi connectivity index (χ4v) is 2.48. The molecule has 2 rings (SSSR count). The standard InChI is InChI=1S/C17H25N3/c1-5-12(4)13-6-7-16-15(9-13)17(20-18)10-14(19-16)8-11(2)3/h6-7,9-12H,5,8,18H2,1-4H3,(H,19,20). The first-order chi connectivity index (χ1) is 9.55. The number of anilines is 1. The minimum atomic E-state index is 0.556. The summed E-state index contributed by atoms with van der Waals surface area (Å²) in [5.41, 5.74) is 7.25. The molecule has 1 unspecified atom stereocenters. The topological polar surface area (TPSA) is 50.9 Å². The van der Waals surface area contributed by atoms with Crippen molar-refractivity contribution in [3.8, 4) is 0 Å². The smallest absolute Gasteiger partial charge is 0.0726 e. The summed E-state index contributed by atoms with van der Waals surface area (Å²) < 4.78 is 0. The van der Waals surface area contributed by atoms with E-state index >= 15 is 0 Å². The van der Waals surface area contributed by atoms with E-state index < -0.39 is 0 Å². The van der Waals surface area contributed by atoms with Gasteiger partial charge in [-0.25, -0.2) is 0 Å². The summed E-state index contributed by atoms with van der Waals surface area (Å²) in [6.07, 6.45) is 2.10. The third-order valence-electron chi connectivity index (χ3n) is 3.84. The molecule has 0 radical (unpaired) electrons. The SMILES string of the molecule is CCC(C)c1ccc2nc(CC(C)C)cc(NN)c2c1. The van der Waals surface area contributed by atoms with Crippen LogP contribution >= 0.6 is 0 Å². The third-order valence-corrected chi connectivity index (χ3v) is 3.84. The van der Waals surface area contributed by atoms with Crippen molar-refractivity contribution in [2.75, 3.05) is 5.43 Å². The van der Waals surface area contributed by atoms with E-state index in [0.29, 0.717) is 11.8 Å². The van der Waals surface area contributed by atoms with Crippen molar-refractivity contribution < 1.29 is 0 Å². The Balaban J connectivity index is 2.52. The van der Waals surface area contributed by atoms with Gasteiger partial charge in [-0.3, -0.25) is 10.8 Å². The number of fused-ring (bicyclic) bond motifs is 1. The Bertz CT molecular complexity index is 590. The van der Waals surface area contributed by atoms with Crippen LogP contribution in [0.15, 0.2) is 24.3 Å². The highest BCUT2D eigenvalue weighted by molar-refractivity contribution is 5.91. The van der Waals surface area contributed by atoms with Crippen molar-refractivity contribution in [1.29, 1.82) is 0 Å². The van der Waals surface area contributed by atoms with Crippen molar-refractivity contribution in [2.45, 2.75) is 46.5 Å². The Labute approximate surface area is 121 Å². The maximum atomic E-state index is 5.70. The molecule has 0 saturated heterocycles. The quantitative estimate of drug-likeness (QED) is 0.632.